The van der Waals surface area contributed by atoms with Crippen molar-refractivity contribution in [2.24, 2.45) is 0 Å². The van der Waals surface area contributed by atoms with E-state index in [1.807, 2.05) is 20.8 Å². The maximum atomic E-state index is 15.0. The molecule has 0 fully saturated rings. The van der Waals surface area contributed by atoms with E-state index in [1.54, 1.807) is 43.3 Å². The number of carbonyl (C=O) groups excluding carboxylic acids is 2. The number of amides is 2. The number of nitrogens with one attached hydrogen (secondary N) is 1. The van der Waals surface area contributed by atoms with Gasteiger partial charge in [0.05, 0.1) is 10.6 Å². The number of para-hydroxylation sites is 1. The molecule has 2 amide bonds. The molecular formula is C30H35ClFN3O4S. The highest BCUT2D eigenvalue weighted by molar-refractivity contribution is 7.92. The Bertz CT molecular complexity index is 1430. The van der Waals surface area contributed by atoms with Crippen molar-refractivity contribution in [3.8, 4) is 0 Å². The molecule has 0 heterocycles. The molecule has 0 aliphatic heterocycles. The van der Waals surface area contributed by atoms with Crippen LogP contribution in [0, 0.1) is 12.7 Å². The second-order valence-corrected chi connectivity index (χ2v) is 11.9. The summed E-state index contributed by atoms with van der Waals surface area (Å²) in [5.41, 5.74) is 1.16. The van der Waals surface area contributed by atoms with E-state index in [9.17, 15) is 18.0 Å². The maximum Gasteiger partial charge on any atom is 0.264 e. The first-order valence-electron chi connectivity index (χ1n) is 13.2. The Morgan fingerprint density at radius 3 is 2.17 bits per heavy atom. The van der Waals surface area contributed by atoms with Crippen molar-refractivity contribution in [1.29, 1.82) is 0 Å². The van der Waals surface area contributed by atoms with Gasteiger partial charge in [-0.25, -0.2) is 12.8 Å². The third kappa shape index (κ3) is 7.40. The minimum atomic E-state index is -4.36. The Balaban J connectivity index is 2.08. The van der Waals surface area contributed by atoms with Crippen LogP contribution in [0.15, 0.2) is 77.7 Å². The standard InChI is InChI=1S/C30H35ClFN3O4S/c1-5-22(4)33-30(37)27(6-2)34(19-23-11-7-8-12-25(23)31)29(36)20-35(28-14-10-9-13-26(28)32)40(38,39)24-17-15-21(3)16-18-24/h7-18,22,27H,5-6,19-20H2,1-4H3,(H,33,37). The molecule has 1 N–H and O–H groups in total. The lowest BCUT2D eigenvalue weighted by Gasteiger charge is -2.34. The van der Waals surface area contributed by atoms with Crippen molar-refractivity contribution >= 4 is 39.1 Å². The van der Waals surface area contributed by atoms with Crippen molar-refractivity contribution in [2.75, 3.05) is 10.8 Å². The molecule has 0 aliphatic carbocycles. The number of hydrogen-bond acceptors (Lipinski definition) is 4. The van der Waals surface area contributed by atoms with Gasteiger partial charge >= 0.3 is 0 Å². The molecule has 2 atom stereocenters. The molecule has 40 heavy (non-hydrogen) atoms. The molecule has 10 heteroatoms. The number of benzene rings is 3. The summed E-state index contributed by atoms with van der Waals surface area (Å²) in [6.07, 6.45) is 0.958. The summed E-state index contributed by atoms with van der Waals surface area (Å²) < 4.78 is 43.4. The number of sulfonamides is 1. The largest absolute Gasteiger partial charge is 0.352 e. The Hall–Kier alpha value is -3.43. The first-order chi connectivity index (χ1) is 19.0. The zero-order chi connectivity index (χ0) is 29.4. The van der Waals surface area contributed by atoms with Crippen LogP contribution in [0.5, 0.6) is 0 Å². The van der Waals surface area contributed by atoms with Gasteiger partial charge in [0.1, 0.15) is 18.4 Å². The summed E-state index contributed by atoms with van der Waals surface area (Å²) in [5, 5.41) is 3.31. The van der Waals surface area contributed by atoms with Crippen LogP contribution in [0.3, 0.4) is 0 Å². The van der Waals surface area contributed by atoms with E-state index in [1.165, 1.54) is 35.2 Å². The number of rotatable bonds is 12. The average molecular weight is 588 g/mol. The predicted molar refractivity (Wildman–Crippen MR) is 156 cm³/mol. The van der Waals surface area contributed by atoms with Gasteiger partial charge < -0.3 is 10.2 Å². The summed E-state index contributed by atoms with van der Waals surface area (Å²) >= 11 is 6.40. The van der Waals surface area contributed by atoms with Crippen LogP contribution < -0.4 is 9.62 Å². The van der Waals surface area contributed by atoms with Crippen LogP contribution in [0.2, 0.25) is 5.02 Å². The monoisotopic (exact) mass is 587 g/mol. The molecule has 2 unspecified atom stereocenters. The molecule has 3 aromatic rings. The van der Waals surface area contributed by atoms with E-state index in [0.29, 0.717) is 17.0 Å². The highest BCUT2D eigenvalue weighted by Crippen LogP contribution is 2.28. The minimum Gasteiger partial charge on any atom is -0.352 e. The third-order valence-electron chi connectivity index (χ3n) is 6.69. The van der Waals surface area contributed by atoms with Crippen molar-refractivity contribution in [1.82, 2.24) is 10.2 Å². The molecule has 3 aromatic carbocycles. The smallest absolute Gasteiger partial charge is 0.264 e. The number of nitrogens with zero attached hydrogens (tertiary/aromatic N) is 2. The summed E-state index contributed by atoms with van der Waals surface area (Å²) in [5.74, 6) is -1.84. The van der Waals surface area contributed by atoms with Crippen LogP contribution in [0.1, 0.15) is 44.7 Å². The lowest BCUT2D eigenvalue weighted by atomic mass is 10.1. The normalized spacial score (nSPS) is 12.8. The highest BCUT2D eigenvalue weighted by Gasteiger charge is 2.35. The van der Waals surface area contributed by atoms with Gasteiger partial charge in [-0.2, -0.15) is 0 Å². The quantitative estimate of drug-likeness (QED) is 0.294. The van der Waals surface area contributed by atoms with Gasteiger partial charge in [-0.1, -0.05) is 73.5 Å². The molecule has 0 radical (unpaired) electrons. The van der Waals surface area contributed by atoms with Crippen molar-refractivity contribution < 1.29 is 22.4 Å². The second kappa shape index (κ2) is 13.8. The summed E-state index contributed by atoms with van der Waals surface area (Å²) in [6.45, 7) is 6.61. The van der Waals surface area contributed by atoms with E-state index in [-0.39, 0.29) is 35.5 Å². The van der Waals surface area contributed by atoms with Gasteiger partial charge in [-0.05, 0) is 62.6 Å². The van der Waals surface area contributed by atoms with Gasteiger partial charge in [0.15, 0.2) is 0 Å². The van der Waals surface area contributed by atoms with Crippen LogP contribution in [0.25, 0.3) is 0 Å². The van der Waals surface area contributed by atoms with E-state index in [2.05, 4.69) is 5.32 Å². The topological polar surface area (TPSA) is 86.8 Å². The Labute approximate surface area is 241 Å². The van der Waals surface area contributed by atoms with Gasteiger partial charge in [-0.3, -0.25) is 13.9 Å². The van der Waals surface area contributed by atoms with Crippen LogP contribution in [0.4, 0.5) is 10.1 Å². The predicted octanol–water partition coefficient (Wildman–Crippen LogP) is 5.70. The van der Waals surface area contributed by atoms with Gasteiger partial charge in [0, 0.05) is 17.6 Å². The van der Waals surface area contributed by atoms with E-state index < -0.39 is 34.3 Å². The molecule has 214 valence electrons. The molecule has 3 rings (SSSR count). The molecule has 0 aliphatic rings. The van der Waals surface area contributed by atoms with Gasteiger partial charge in [0.25, 0.3) is 10.0 Å². The van der Waals surface area contributed by atoms with Crippen molar-refractivity contribution in [3.05, 3.63) is 94.8 Å². The Kier molecular flexibility index (Phi) is 10.7. The van der Waals surface area contributed by atoms with E-state index >= 15 is 4.39 Å². The number of hydrogen-bond donors (Lipinski definition) is 1. The second-order valence-electron chi connectivity index (χ2n) is 9.63. The SMILES string of the molecule is CCC(C)NC(=O)C(CC)N(Cc1ccccc1Cl)C(=O)CN(c1ccccc1F)S(=O)(=O)c1ccc(C)cc1. The number of carbonyl (C=O) groups is 2. The van der Waals surface area contributed by atoms with Gasteiger partial charge in [0.2, 0.25) is 11.8 Å². The lowest BCUT2D eigenvalue weighted by Crippen LogP contribution is -2.53. The Morgan fingerprint density at radius 1 is 0.950 bits per heavy atom. The van der Waals surface area contributed by atoms with Crippen LogP contribution in [-0.4, -0.2) is 43.8 Å². The number of aryl methyl sites for hydroxylation is 1. The average Bonchev–Trinajstić information content (AvgIpc) is 2.93. The zero-order valence-electron chi connectivity index (χ0n) is 23.1. The maximum absolute atomic E-state index is 15.0. The molecule has 0 bridgehead atoms. The molecule has 0 saturated heterocycles. The molecular weight excluding hydrogens is 553 g/mol. The molecule has 0 aromatic heterocycles. The first kappa shape index (κ1) is 31.1. The van der Waals surface area contributed by atoms with Crippen molar-refractivity contribution in [3.63, 3.8) is 0 Å². The lowest BCUT2D eigenvalue weighted by molar-refractivity contribution is -0.140. The summed E-state index contributed by atoms with van der Waals surface area (Å²) in [4.78, 5) is 28.5. The van der Waals surface area contributed by atoms with E-state index in [4.69, 9.17) is 11.6 Å². The zero-order valence-corrected chi connectivity index (χ0v) is 24.7. The summed E-state index contributed by atoms with van der Waals surface area (Å²) in [6, 6.07) is 17.3. The fraction of sp³-hybridized carbons (Fsp3) is 0.333. The van der Waals surface area contributed by atoms with Gasteiger partial charge in [-0.15, -0.1) is 0 Å². The molecule has 0 saturated carbocycles. The molecule has 0 spiro atoms. The Morgan fingerprint density at radius 2 is 1.57 bits per heavy atom. The third-order valence-corrected chi connectivity index (χ3v) is 8.84. The minimum absolute atomic E-state index is 0.0410. The molecule has 7 nitrogen and oxygen atoms in total. The van der Waals surface area contributed by atoms with Crippen molar-refractivity contribution in [2.45, 2.75) is 64.1 Å². The summed E-state index contributed by atoms with van der Waals surface area (Å²) in [7, 11) is -4.36. The fourth-order valence-corrected chi connectivity index (χ4v) is 5.79. The van der Waals surface area contributed by atoms with E-state index in [0.717, 1.165) is 15.9 Å². The van der Waals surface area contributed by atoms with Crippen LogP contribution in [-0.2, 0) is 26.2 Å². The highest BCUT2D eigenvalue weighted by atomic mass is 35.5. The number of anilines is 1. The van der Waals surface area contributed by atoms with Crippen LogP contribution >= 0.6 is 11.6 Å². The fourth-order valence-electron chi connectivity index (χ4n) is 4.18. The number of halogens is 2. The first-order valence-corrected chi connectivity index (χ1v) is 15.0.